The average Bonchev–Trinajstić information content (AvgIpc) is 2.42. The summed E-state index contributed by atoms with van der Waals surface area (Å²) in [6.45, 7) is 4.71. The normalized spacial score (nSPS) is 31.0. The summed E-state index contributed by atoms with van der Waals surface area (Å²) in [5, 5.41) is 13.6. The van der Waals surface area contributed by atoms with Crippen LogP contribution in [0, 0.1) is 5.92 Å². The number of piperidine rings is 1. The van der Waals surface area contributed by atoms with E-state index in [4.69, 9.17) is 0 Å². The predicted octanol–water partition coefficient (Wildman–Crippen LogP) is 2.70. The van der Waals surface area contributed by atoms with Gasteiger partial charge in [0.15, 0.2) is 0 Å². The fourth-order valence-corrected chi connectivity index (χ4v) is 3.82. The molecule has 2 N–H and O–H groups in total. The quantitative estimate of drug-likeness (QED) is 0.870. The van der Waals surface area contributed by atoms with E-state index in [-0.39, 0.29) is 0 Å². The number of phenolic OH excluding ortho intramolecular Hbond substituents is 1. The molecule has 1 fully saturated rings. The van der Waals surface area contributed by atoms with Gasteiger partial charge in [0.2, 0.25) is 0 Å². The van der Waals surface area contributed by atoms with Gasteiger partial charge in [0.25, 0.3) is 0 Å². The standard InChI is InChI=1S/C17H26N2O/c1-12-11-19(2)9-8-16(12)18-17-5-3-4-13-6-7-14(20)10-15(13)17/h6-7,10,12,16-18,20H,3-5,8-9,11H2,1-2H3. The van der Waals surface area contributed by atoms with Crippen molar-refractivity contribution < 1.29 is 5.11 Å². The molecule has 2 aliphatic rings. The molecule has 1 saturated heterocycles. The van der Waals surface area contributed by atoms with Gasteiger partial charge in [-0.25, -0.2) is 0 Å². The van der Waals surface area contributed by atoms with Crippen molar-refractivity contribution in [1.82, 2.24) is 10.2 Å². The van der Waals surface area contributed by atoms with Crippen LogP contribution in [0.25, 0.3) is 0 Å². The SMILES string of the molecule is CC1CN(C)CCC1NC1CCCc2ccc(O)cc21. The van der Waals surface area contributed by atoms with E-state index < -0.39 is 0 Å². The van der Waals surface area contributed by atoms with Crippen LogP contribution in [-0.4, -0.2) is 36.2 Å². The van der Waals surface area contributed by atoms with Crippen LogP contribution in [0.2, 0.25) is 0 Å². The lowest BCUT2D eigenvalue weighted by molar-refractivity contribution is 0.163. The van der Waals surface area contributed by atoms with E-state index in [2.05, 4.69) is 30.3 Å². The smallest absolute Gasteiger partial charge is 0.115 e. The molecule has 110 valence electrons. The Morgan fingerprint density at radius 2 is 2.15 bits per heavy atom. The van der Waals surface area contributed by atoms with Crippen LogP contribution in [0.15, 0.2) is 18.2 Å². The van der Waals surface area contributed by atoms with Crippen LogP contribution < -0.4 is 5.32 Å². The molecule has 0 saturated carbocycles. The third-order valence-corrected chi connectivity index (χ3v) is 4.97. The summed E-state index contributed by atoms with van der Waals surface area (Å²) in [5.41, 5.74) is 2.73. The highest BCUT2D eigenvalue weighted by molar-refractivity contribution is 5.38. The minimum absolute atomic E-state index is 0.397. The van der Waals surface area contributed by atoms with Crippen molar-refractivity contribution in [1.29, 1.82) is 0 Å². The first-order valence-corrected chi connectivity index (χ1v) is 7.90. The van der Waals surface area contributed by atoms with Crippen molar-refractivity contribution in [2.24, 2.45) is 5.92 Å². The second-order valence-electron chi connectivity index (χ2n) is 6.63. The van der Waals surface area contributed by atoms with Crippen molar-refractivity contribution in [3.05, 3.63) is 29.3 Å². The van der Waals surface area contributed by atoms with E-state index in [1.165, 1.54) is 43.5 Å². The number of hydrogen-bond acceptors (Lipinski definition) is 3. The third kappa shape index (κ3) is 2.84. The van der Waals surface area contributed by atoms with Crippen LogP contribution in [-0.2, 0) is 6.42 Å². The van der Waals surface area contributed by atoms with Gasteiger partial charge in [-0.3, -0.25) is 0 Å². The molecule has 1 heterocycles. The van der Waals surface area contributed by atoms with Crippen molar-refractivity contribution >= 4 is 0 Å². The van der Waals surface area contributed by atoms with Gasteiger partial charge < -0.3 is 15.3 Å². The number of nitrogens with zero attached hydrogens (tertiary/aromatic N) is 1. The maximum atomic E-state index is 9.76. The molecule has 0 amide bonds. The highest BCUT2D eigenvalue weighted by Gasteiger charge is 2.28. The molecule has 0 spiro atoms. The van der Waals surface area contributed by atoms with Crippen LogP contribution in [0.3, 0.4) is 0 Å². The average molecular weight is 274 g/mol. The van der Waals surface area contributed by atoms with Crippen LogP contribution in [0.5, 0.6) is 5.75 Å². The molecule has 0 aromatic heterocycles. The summed E-state index contributed by atoms with van der Waals surface area (Å²) >= 11 is 0. The topological polar surface area (TPSA) is 35.5 Å². The van der Waals surface area contributed by atoms with Crippen LogP contribution in [0.4, 0.5) is 0 Å². The molecule has 3 rings (SSSR count). The lowest BCUT2D eigenvalue weighted by atomic mass is 9.85. The summed E-state index contributed by atoms with van der Waals surface area (Å²) in [4.78, 5) is 2.42. The number of hydrogen-bond donors (Lipinski definition) is 2. The Bertz CT molecular complexity index is 474. The minimum Gasteiger partial charge on any atom is -0.508 e. The zero-order valence-corrected chi connectivity index (χ0v) is 12.6. The maximum absolute atomic E-state index is 9.76. The summed E-state index contributed by atoms with van der Waals surface area (Å²) in [7, 11) is 2.21. The summed E-state index contributed by atoms with van der Waals surface area (Å²) in [5.74, 6) is 1.09. The van der Waals surface area contributed by atoms with Gasteiger partial charge in [-0.05, 0) is 68.5 Å². The highest BCUT2D eigenvalue weighted by Crippen LogP contribution is 2.33. The zero-order chi connectivity index (χ0) is 14.1. The van der Waals surface area contributed by atoms with Gasteiger partial charge in [-0.2, -0.15) is 0 Å². The van der Waals surface area contributed by atoms with Gasteiger partial charge in [0, 0.05) is 18.6 Å². The van der Waals surface area contributed by atoms with Crippen molar-refractivity contribution in [2.45, 2.75) is 44.7 Å². The Morgan fingerprint density at radius 3 is 2.95 bits per heavy atom. The van der Waals surface area contributed by atoms with E-state index in [9.17, 15) is 5.11 Å². The monoisotopic (exact) mass is 274 g/mol. The van der Waals surface area contributed by atoms with Crippen LogP contribution in [0.1, 0.15) is 43.4 Å². The molecule has 1 aliphatic carbocycles. The van der Waals surface area contributed by atoms with Gasteiger partial charge in [0.1, 0.15) is 5.75 Å². The number of likely N-dealkylation sites (tertiary alicyclic amines) is 1. The van der Waals surface area contributed by atoms with Gasteiger partial charge in [-0.15, -0.1) is 0 Å². The second-order valence-corrected chi connectivity index (χ2v) is 6.63. The molecule has 0 bridgehead atoms. The molecular formula is C17H26N2O. The van der Waals surface area contributed by atoms with E-state index in [0.29, 0.717) is 23.8 Å². The van der Waals surface area contributed by atoms with Gasteiger partial charge >= 0.3 is 0 Å². The Morgan fingerprint density at radius 1 is 1.30 bits per heavy atom. The Kier molecular flexibility index (Phi) is 3.99. The summed E-state index contributed by atoms with van der Waals surface area (Å²) < 4.78 is 0. The van der Waals surface area contributed by atoms with E-state index in [0.717, 1.165) is 6.42 Å². The predicted molar refractivity (Wildman–Crippen MR) is 82.0 cm³/mol. The Labute approximate surface area is 122 Å². The number of aryl methyl sites for hydroxylation is 1. The van der Waals surface area contributed by atoms with Crippen LogP contribution >= 0.6 is 0 Å². The molecule has 1 aromatic rings. The Hall–Kier alpha value is -1.06. The molecule has 3 heteroatoms. The zero-order valence-electron chi connectivity index (χ0n) is 12.6. The molecule has 3 unspecified atom stereocenters. The second kappa shape index (κ2) is 5.74. The van der Waals surface area contributed by atoms with Crippen molar-refractivity contribution in [3.63, 3.8) is 0 Å². The summed E-state index contributed by atoms with van der Waals surface area (Å²) in [6, 6.07) is 6.90. The molecule has 1 aromatic carbocycles. The molecule has 20 heavy (non-hydrogen) atoms. The lowest BCUT2D eigenvalue weighted by Gasteiger charge is -2.39. The first-order valence-electron chi connectivity index (χ1n) is 7.90. The van der Waals surface area contributed by atoms with Crippen molar-refractivity contribution in [3.8, 4) is 5.75 Å². The first-order chi connectivity index (χ1) is 9.63. The third-order valence-electron chi connectivity index (χ3n) is 4.97. The Balaban J connectivity index is 1.74. The minimum atomic E-state index is 0.397. The van der Waals surface area contributed by atoms with E-state index >= 15 is 0 Å². The highest BCUT2D eigenvalue weighted by atomic mass is 16.3. The first kappa shape index (κ1) is 13.9. The number of phenols is 1. The van der Waals surface area contributed by atoms with E-state index in [1.807, 2.05) is 12.1 Å². The fourth-order valence-electron chi connectivity index (χ4n) is 3.82. The molecular weight excluding hydrogens is 248 g/mol. The van der Waals surface area contributed by atoms with E-state index in [1.54, 1.807) is 0 Å². The van der Waals surface area contributed by atoms with Gasteiger partial charge in [-0.1, -0.05) is 13.0 Å². The lowest BCUT2D eigenvalue weighted by Crippen LogP contribution is -2.48. The maximum Gasteiger partial charge on any atom is 0.115 e. The largest absolute Gasteiger partial charge is 0.508 e. The van der Waals surface area contributed by atoms with Crippen molar-refractivity contribution in [2.75, 3.05) is 20.1 Å². The number of fused-ring (bicyclic) bond motifs is 1. The molecule has 0 radical (unpaired) electrons. The number of nitrogens with one attached hydrogen (secondary N) is 1. The fraction of sp³-hybridized carbons (Fsp3) is 0.647. The number of aromatic hydroxyl groups is 1. The van der Waals surface area contributed by atoms with Gasteiger partial charge in [0.05, 0.1) is 0 Å². The molecule has 3 nitrogen and oxygen atoms in total. The molecule has 1 aliphatic heterocycles. The summed E-state index contributed by atoms with van der Waals surface area (Å²) in [6.07, 6.45) is 4.81. The number of benzene rings is 1. The number of rotatable bonds is 2. The molecule has 3 atom stereocenters.